The van der Waals surface area contributed by atoms with Crippen molar-refractivity contribution in [3.05, 3.63) is 28.2 Å². The quantitative estimate of drug-likeness (QED) is 0.814. The zero-order valence-corrected chi connectivity index (χ0v) is 14.0. The third-order valence-electron chi connectivity index (χ3n) is 2.87. The minimum atomic E-state index is -0.910. The van der Waals surface area contributed by atoms with Gasteiger partial charge in [-0.15, -0.1) is 0 Å². The molecule has 0 fully saturated rings. The van der Waals surface area contributed by atoms with E-state index in [1.54, 1.807) is 30.2 Å². The Balaban J connectivity index is 2.92. The number of carboxylic acids is 1. The first kappa shape index (κ1) is 17.5. The first-order chi connectivity index (χ1) is 9.85. The van der Waals surface area contributed by atoms with Gasteiger partial charge in [0, 0.05) is 18.7 Å². The van der Waals surface area contributed by atoms with Crippen LogP contribution in [0.5, 0.6) is 5.75 Å². The number of aliphatic carboxylic acids is 1. The summed E-state index contributed by atoms with van der Waals surface area (Å²) in [5.74, 6) is -0.169. The van der Waals surface area contributed by atoms with Crippen LogP contribution >= 0.6 is 15.9 Å². The molecule has 0 atom stereocenters. The number of hydrogen-bond donors (Lipinski definition) is 1. The predicted octanol–water partition coefficient (Wildman–Crippen LogP) is 3.03. The Kier molecular flexibility index (Phi) is 6.68. The van der Waals surface area contributed by atoms with E-state index in [2.05, 4.69) is 15.9 Å². The summed E-state index contributed by atoms with van der Waals surface area (Å²) in [5.41, 5.74) is 0.508. The Morgan fingerprint density at radius 2 is 2.05 bits per heavy atom. The van der Waals surface area contributed by atoms with Gasteiger partial charge in [0.25, 0.3) is 5.91 Å². The maximum Gasteiger partial charge on any atom is 0.305 e. The topological polar surface area (TPSA) is 66.8 Å². The number of methoxy groups -OCH3 is 1. The molecule has 1 amide bonds. The maximum atomic E-state index is 12.5. The van der Waals surface area contributed by atoms with E-state index < -0.39 is 5.97 Å². The van der Waals surface area contributed by atoms with E-state index in [0.29, 0.717) is 22.3 Å². The molecule has 0 bridgehead atoms. The monoisotopic (exact) mass is 357 g/mol. The van der Waals surface area contributed by atoms with E-state index in [4.69, 9.17) is 9.84 Å². The third-order valence-corrected chi connectivity index (χ3v) is 3.49. The molecule has 1 rings (SSSR count). The Bertz CT molecular complexity index is 516. The van der Waals surface area contributed by atoms with E-state index in [0.717, 1.165) is 0 Å². The fourth-order valence-electron chi connectivity index (χ4n) is 1.93. The zero-order chi connectivity index (χ0) is 16.0. The van der Waals surface area contributed by atoms with Crippen LogP contribution in [0.4, 0.5) is 0 Å². The fraction of sp³-hybridized carbons (Fsp3) is 0.467. The molecule has 1 N–H and O–H groups in total. The molecule has 5 nitrogen and oxygen atoms in total. The average molecular weight is 358 g/mol. The van der Waals surface area contributed by atoms with Crippen molar-refractivity contribution in [2.24, 2.45) is 5.92 Å². The average Bonchev–Trinajstić information content (AvgIpc) is 2.42. The van der Waals surface area contributed by atoms with Crippen molar-refractivity contribution in [3.8, 4) is 5.75 Å². The first-order valence-electron chi connectivity index (χ1n) is 6.69. The van der Waals surface area contributed by atoms with Crippen LogP contribution in [0.25, 0.3) is 0 Å². The number of benzene rings is 1. The van der Waals surface area contributed by atoms with Gasteiger partial charge in [-0.05, 0) is 40.0 Å². The molecular weight excluding hydrogens is 338 g/mol. The van der Waals surface area contributed by atoms with Crippen molar-refractivity contribution in [1.82, 2.24) is 4.90 Å². The molecule has 1 aromatic carbocycles. The highest BCUT2D eigenvalue weighted by atomic mass is 79.9. The third kappa shape index (κ3) is 5.38. The van der Waals surface area contributed by atoms with E-state index in [1.165, 1.54) is 0 Å². The summed E-state index contributed by atoms with van der Waals surface area (Å²) in [6.07, 6.45) is -0.0597. The van der Waals surface area contributed by atoms with Crippen molar-refractivity contribution in [2.75, 3.05) is 20.2 Å². The van der Waals surface area contributed by atoms with Gasteiger partial charge >= 0.3 is 5.97 Å². The molecule has 0 aliphatic rings. The lowest BCUT2D eigenvalue weighted by Gasteiger charge is -2.24. The number of ether oxygens (including phenoxy) is 1. The standard InChI is InChI=1S/C15H20BrNO4/c1-10(2)9-17(7-6-14(18)19)15(20)11-4-5-13(21-3)12(16)8-11/h4-5,8,10H,6-7,9H2,1-3H3,(H,18,19). The number of nitrogens with zero attached hydrogens (tertiary/aromatic N) is 1. The number of carboxylic acid groups (broad SMARTS) is 1. The number of halogens is 1. The highest BCUT2D eigenvalue weighted by molar-refractivity contribution is 9.10. The van der Waals surface area contributed by atoms with Crippen LogP contribution in [0.1, 0.15) is 30.6 Å². The van der Waals surface area contributed by atoms with Crippen LogP contribution in [0.2, 0.25) is 0 Å². The number of rotatable bonds is 7. The van der Waals surface area contributed by atoms with Crippen LogP contribution in [-0.2, 0) is 4.79 Å². The number of amides is 1. The second kappa shape index (κ2) is 8.02. The normalized spacial score (nSPS) is 10.5. The second-order valence-corrected chi connectivity index (χ2v) is 5.99. The molecule has 0 aliphatic carbocycles. The number of carbonyl (C=O) groups excluding carboxylic acids is 1. The van der Waals surface area contributed by atoms with Gasteiger partial charge in [0.15, 0.2) is 0 Å². The van der Waals surface area contributed by atoms with Crippen molar-refractivity contribution in [2.45, 2.75) is 20.3 Å². The first-order valence-corrected chi connectivity index (χ1v) is 7.49. The maximum absolute atomic E-state index is 12.5. The summed E-state index contributed by atoms with van der Waals surface area (Å²) in [4.78, 5) is 24.8. The summed E-state index contributed by atoms with van der Waals surface area (Å²) in [6, 6.07) is 5.08. The summed E-state index contributed by atoms with van der Waals surface area (Å²) in [7, 11) is 1.56. The molecule has 21 heavy (non-hydrogen) atoms. The molecular formula is C15H20BrNO4. The summed E-state index contributed by atoms with van der Waals surface area (Å²) in [5, 5.41) is 8.80. The summed E-state index contributed by atoms with van der Waals surface area (Å²) >= 11 is 3.35. The lowest BCUT2D eigenvalue weighted by atomic mass is 10.1. The number of carbonyl (C=O) groups is 2. The smallest absolute Gasteiger partial charge is 0.305 e. The largest absolute Gasteiger partial charge is 0.496 e. The van der Waals surface area contributed by atoms with Crippen molar-refractivity contribution in [3.63, 3.8) is 0 Å². The second-order valence-electron chi connectivity index (χ2n) is 5.14. The molecule has 0 heterocycles. The van der Waals surface area contributed by atoms with Gasteiger partial charge < -0.3 is 14.7 Å². The van der Waals surface area contributed by atoms with Crippen LogP contribution in [-0.4, -0.2) is 42.1 Å². The molecule has 0 saturated carbocycles. The van der Waals surface area contributed by atoms with Gasteiger partial charge in [0.05, 0.1) is 18.0 Å². The van der Waals surface area contributed by atoms with Gasteiger partial charge in [-0.25, -0.2) is 0 Å². The highest BCUT2D eigenvalue weighted by Gasteiger charge is 2.18. The molecule has 1 aromatic rings. The minimum Gasteiger partial charge on any atom is -0.496 e. The van der Waals surface area contributed by atoms with Crippen molar-refractivity contribution >= 4 is 27.8 Å². The van der Waals surface area contributed by atoms with E-state index in [9.17, 15) is 9.59 Å². The van der Waals surface area contributed by atoms with Gasteiger partial charge in [-0.1, -0.05) is 13.8 Å². The lowest BCUT2D eigenvalue weighted by molar-refractivity contribution is -0.137. The van der Waals surface area contributed by atoms with Gasteiger partial charge in [0.1, 0.15) is 5.75 Å². The van der Waals surface area contributed by atoms with Crippen LogP contribution in [0, 0.1) is 5.92 Å². The van der Waals surface area contributed by atoms with Crippen LogP contribution in [0.3, 0.4) is 0 Å². The molecule has 0 aromatic heterocycles. The molecule has 6 heteroatoms. The van der Waals surface area contributed by atoms with E-state index >= 15 is 0 Å². The molecule has 0 radical (unpaired) electrons. The fourth-order valence-corrected chi connectivity index (χ4v) is 2.47. The summed E-state index contributed by atoms with van der Waals surface area (Å²) in [6.45, 7) is 4.71. The zero-order valence-electron chi connectivity index (χ0n) is 12.4. The van der Waals surface area contributed by atoms with E-state index in [1.807, 2.05) is 13.8 Å². The predicted molar refractivity (Wildman–Crippen MR) is 83.7 cm³/mol. The molecule has 0 unspecified atom stereocenters. The molecule has 0 aliphatic heterocycles. The van der Waals surface area contributed by atoms with E-state index in [-0.39, 0.29) is 24.8 Å². The van der Waals surface area contributed by atoms with Crippen LogP contribution < -0.4 is 4.74 Å². The van der Waals surface area contributed by atoms with Gasteiger partial charge in [-0.2, -0.15) is 0 Å². The minimum absolute atomic E-state index is 0.0597. The Morgan fingerprint density at radius 1 is 1.38 bits per heavy atom. The molecule has 0 spiro atoms. The van der Waals surface area contributed by atoms with Crippen LogP contribution in [0.15, 0.2) is 22.7 Å². The number of hydrogen-bond acceptors (Lipinski definition) is 3. The molecule has 116 valence electrons. The lowest BCUT2D eigenvalue weighted by Crippen LogP contribution is -2.36. The Morgan fingerprint density at radius 3 is 2.52 bits per heavy atom. The Labute approximate surface area is 133 Å². The molecule has 0 saturated heterocycles. The summed E-state index contributed by atoms with van der Waals surface area (Å²) < 4.78 is 5.83. The van der Waals surface area contributed by atoms with Gasteiger partial charge in [-0.3, -0.25) is 9.59 Å². The highest BCUT2D eigenvalue weighted by Crippen LogP contribution is 2.26. The van der Waals surface area contributed by atoms with Crippen molar-refractivity contribution < 1.29 is 19.4 Å². The SMILES string of the molecule is COc1ccc(C(=O)N(CCC(=O)O)CC(C)C)cc1Br. The van der Waals surface area contributed by atoms with Crippen molar-refractivity contribution in [1.29, 1.82) is 0 Å². The Hall–Kier alpha value is -1.56. The van der Waals surface area contributed by atoms with Gasteiger partial charge in [0.2, 0.25) is 0 Å².